The van der Waals surface area contributed by atoms with Gasteiger partial charge in [0.1, 0.15) is 5.75 Å². The molecular weight excluding hydrogens is 347 g/mol. The van der Waals surface area contributed by atoms with Crippen molar-refractivity contribution in [2.24, 2.45) is 0 Å². The van der Waals surface area contributed by atoms with Gasteiger partial charge in [-0.3, -0.25) is 10.1 Å². The fourth-order valence-corrected chi connectivity index (χ4v) is 2.41. The largest absolute Gasteiger partial charge is 0.474 e. The van der Waals surface area contributed by atoms with Crippen molar-refractivity contribution in [1.29, 1.82) is 5.26 Å². The number of benzene rings is 2. The molecule has 1 atom stereocenters. The fourth-order valence-electron chi connectivity index (χ4n) is 1.76. The van der Waals surface area contributed by atoms with Gasteiger partial charge in [0.25, 0.3) is 5.91 Å². The number of hydrogen-bond donors (Lipinski definition) is 1. The fraction of sp³-hybridized carbons (Fsp3) is 0.0667. The maximum atomic E-state index is 12.1. The Labute approximate surface area is 142 Å². The number of carbonyl (C=O) groups is 1. The van der Waals surface area contributed by atoms with E-state index in [1.807, 2.05) is 5.32 Å². The van der Waals surface area contributed by atoms with Gasteiger partial charge in [0.15, 0.2) is 6.19 Å². The smallest absolute Gasteiger partial charge is 0.278 e. The summed E-state index contributed by atoms with van der Waals surface area (Å²) < 4.78 is 5.64. The Morgan fingerprint density at radius 1 is 1.14 bits per heavy atom. The first kappa shape index (κ1) is 16.4. The van der Waals surface area contributed by atoms with E-state index >= 15 is 0 Å². The first-order chi connectivity index (χ1) is 10.5. The Morgan fingerprint density at radius 3 is 2.50 bits per heavy atom. The van der Waals surface area contributed by atoms with Crippen LogP contribution in [-0.2, 0) is 4.79 Å². The monoisotopic (exact) mass is 354 g/mol. The summed E-state index contributed by atoms with van der Waals surface area (Å²) in [5.41, 5.74) is 0.492. The van der Waals surface area contributed by atoms with E-state index in [0.717, 1.165) is 0 Å². The van der Waals surface area contributed by atoms with Gasteiger partial charge in [0, 0.05) is 15.6 Å². The Kier molecular flexibility index (Phi) is 5.51. The van der Waals surface area contributed by atoms with Crippen molar-refractivity contribution in [2.75, 3.05) is 0 Å². The van der Waals surface area contributed by atoms with Crippen LogP contribution in [-0.4, -0.2) is 5.91 Å². The first-order valence-corrected chi connectivity index (χ1v) is 7.21. The molecule has 112 valence electrons. The second kappa shape index (κ2) is 7.37. The van der Waals surface area contributed by atoms with Gasteiger partial charge in [0.05, 0.1) is 5.02 Å². The summed E-state index contributed by atoms with van der Waals surface area (Å²) in [5.74, 6) is -0.361. The molecule has 0 aliphatic heterocycles. The minimum absolute atomic E-state index is 0.254. The second-order valence-electron chi connectivity index (χ2n) is 4.23. The van der Waals surface area contributed by atoms with Crippen molar-refractivity contribution in [3.63, 3.8) is 0 Å². The second-order valence-corrected chi connectivity index (χ2v) is 5.51. The van der Waals surface area contributed by atoms with E-state index in [-0.39, 0.29) is 10.8 Å². The quantitative estimate of drug-likeness (QED) is 0.654. The highest BCUT2D eigenvalue weighted by Crippen LogP contribution is 2.32. The molecule has 2 aromatic rings. The van der Waals surface area contributed by atoms with Gasteiger partial charge in [0.2, 0.25) is 6.10 Å². The molecule has 7 heteroatoms. The first-order valence-electron chi connectivity index (χ1n) is 6.07. The molecule has 0 bridgehead atoms. The van der Waals surface area contributed by atoms with Crippen LogP contribution >= 0.6 is 34.8 Å². The minimum atomic E-state index is -1.07. The molecule has 0 heterocycles. The van der Waals surface area contributed by atoms with Gasteiger partial charge in [-0.05, 0) is 30.3 Å². The predicted molar refractivity (Wildman–Crippen MR) is 85.0 cm³/mol. The number of hydrogen-bond acceptors (Lipinski definition) is 3. The lowest BCUT2D eigenvalue weighted by Crippen LogP contribution is -2.29. The van der Waals surface area contributed by atoms with E-state index in [1.54, 1.807) is 42.6 Å². The lowest BCUT2D eigenvalue weighted by Gasteiger charge is -2.18. The summed E-state index contributed by atoms with van der Waals surface area (Å²) in [6.07, 6.45) is 0.503. The lowest BCUT2D eigenvalue weighted by atomic mass is 10.1. The highest BCUT2D eigenvalue weighted by Gasteiger charge is 2.24. The highest BCUT2D eigenvalue weighted by atomic mass is 35.5. The molecule has 4 nitrogen and oxygen atoms in total. The summed E-state index contributed by atoms with van der Waals surface area (Å²) >= 11 is 17.8. The molecule has 2 rings (SSSR count). The van der Waals surface area contributed by atoms with Crippen LogP contribution in [0.15, 0.2) is 42.5 Å². The molecule has 2 aromatic carbocycles. The number of amides is 1. The van der Waals surface area contributed by atoms with Crippen LogP contribution in [0.25, 0.3) is 0 Å². The van der Waals surface area contributed by atoms with Crippen molar-refractivity contribution in [3.05, 3.63) is 63.1 Å². The summed E-state index contributed by atoms with van der Waals surface area (Å²) in [5, 5.41) is 11.8. The number of halogens is 3. The van der Waals surface area contributed by atoms with Crippen molar-refractivity contribution >= 4 is 40.7 Å². The molecule has 0 saturated heterocycles. The molecule has 0 aromatic heterocycles. The topological polar surface area (TPSA) is 62.1 Å². The molecule has 0 spiro atoms. The van der Waals surface area contributed by atoms with Crippen LogP contribution in [0.2, 0.25) is 15.1 Å². The number of carbonyl (C=O) groups excluding carboxylic acids is 1. The SMILES string of the molecule is N#CNC(=O)C(Oc1ccc(Cl)cc1Cl)c1cccc(Cl)c1. The molecular formula is C15H9Cl3N2O2. The summed E-state index contributed by atoms with van der Waals surface area (Å²) in [6.45, 7) is 0. The van der Waals surface area contributed by atoms with Crippen LogP contribution in [0.4, 0.5) is 0 Å². The normalized spacial score (nSPS) is 11.4. The Balaban J connectivity index is 2.37. The average Bonchev–Trinajstić information content (AvgIpc) is 2.46. The highest BCUT2D eigenvalue weighted by molar-refractivity contribution is 6.35. The summed E-state index contributed by atoms with van der Waals surface area (Å²) in [4.78, 5) is 12.1. The predicted octanol–water partition coefficient (Wildman–Crippen LogP) is 4.36. The van der Waals surface area contributed by atoms with Crippen molar-refractivity contribution in [2.45, 2.75) is 6.10 Å². The van der Waals surface area contributed by atoms with E-state index in [4.69, 9.17) is 44.8 Å². The van der Waals surface area contributed by atoms with Crippen molar-refractivity contribution in [3.8, 4) is 11.9 Å². The summed E-state index contributed by atoms with van der Waals surface area (Å²) in [7, 11) is 0. The molecule has 0 fully saturated rings. The number of nitrogens with zero attached hydrogens (tertiary/aromatic N) is 1. The van der Waals surface area contributed by atoms with E-state index in [1.165, 1.54) is 6.07 Å². The molecule has 0 radical (unpaired) electrons. The zero-order chi connectivity index (χ0) is 16.1. The molecule has 1 amide bonds. The molecule has 22 heavy (non-hydrogen) atoms. The Morgan fingerprint density at radius 2 is 1.86 bits per heavy atom. The molecule has 1 N–H and O–H groups in total. The molecule has 0 aliphatic carbocycles. The lowest BCUT2D eigenvalue weighted by molar-refractivity contribution is -0.127. The van der Waals surface area contributed by atoms with Gasteiger partial charge in [-0.15, -0.1) is 0 Å². The molecule has 0 aliphatic rings. The third kappa shape index (κ3) is 4.05. The minimum Gasteiger partial charge on any atom is -0.474 e. The van der Waals surface area contributed by atoms with Gasteiger partial charge in [-0.2, -0.15) is 5.26 Å². The van der Waals surface area contributed by atoms with Crippen LogP contribution in [0.5, 0.6) is 5.75 Å². The van der Waals surface area contributed by atoms with Crippen LogP contribution < -0.4 is 10.1 Å². The molecule has 1 unspecified atom stereocenters. The Bertz CT molecular complexity index is 744. The number of nitrogens with one attached hydrogen (secondary N) is 1. The third-order valence-corrected chi connectivity index (χ3v) is 3.47. The maximum Gasteiger partial charge on any atom is 0.278 e. The van der Waals surface area contributed by atoms with E-state index in [9.17, 15) is 4.79 Å². The number of ether oxygens (including phenoxy) is 1. The van der Waals surface area contributed by atoms with Crippen molar-refractivity contribution < 1.29 is 9.53 Å². The zero-order valence-electron chi connectivity index (χ0n) is 11.0. The van der Waals surface area contributed by atoms with Gasteiger partial charge in [-0.25, -0.2) is 0 Å². The van der Waals surface area contributed by atoms with Gasteiger partial charge < -0.3 is 4.74 Å². The number of nitriles is 1. The van der Waals surface area contributed by atoms with Gasteiger partial charge >= 0.3 is 0 Å². The summed E-state index contributed by atoms with van der Waals surface area (Å²) in [6, 6.07) is 11.2. The van der Waals surface area contributed by atoms with Crippen LogP contribution in [0.1, 0.15) is 11.7 Å². The average molecular weight is 356 g/mol. The van der Waals surface area contributed by atoms with E-state index < -0.39 is 12.0 Å². The van der Waals surface area contributed by atoms with Crippen molar-refractivity contribution in [1.82, 2.24) is 5.32 Å². The van der Waals surface area contributed by atoms with Crippen LogP contribution in [0, 0.1) is 11.5 Å². The Hall–Kier alpha value is -1.93. The third-order valence-electron chi connectivity index (χ3n) is 2.71. The van der Waals surface area contributed by atoms with Crippen LogP contribution in [0.3, 0.4) is 0 Å². The van der Waals surface area contributed by atoms with Gasteiger partial charge in [-0.1, -0.05) is 46.9 Å². The molecule has 0 saturated carbocycles. The van der Waals surface area contributed by atoms with E-state index in [2.05, 4.69) is 0 Å². The standard InChI is InChI=1S/C15H9Cl3N2O2/c16-10-3-1-2-9(6-10)14(15(21)20-8-19)22-13-5-4-11(17)7-12(13)18/h1-7,14H,(H,20,21). The number of rotatable bonds is 4. The zero-order valence-corrected chi connectivity index (χ0v) is 13.3. The maximum absolute atomic E-state index is 12.1. The van der Waals surface area contributed by atoms with E-state index in [0.29, 0.717) is 15.6 Å².